The Morgan fingerprint density at radius 3 is 1.24 bits per heavy atom. The number of nitrogens with zero attached hydrogens (tertiary/aromatic N) is 4. The summed E-state index contributed by atoms with van der Waals surface area (Å²) in [5.41, 5.74) is 7.19. The molecular weight excluding hydrogens is 408 g/mol. The topological polar surface area (TPSA) is 60.8 Å². The normalized spacial score (nSPS) is 11.0. The summed E-state index contributed by atoms with van der Waals surface area (Å²) in [5.74, 6) is 1.51. The van der Waals surface area contributed by atoms with Crippen LogP contribution in [-0.4, -0.2) is 19.9 Å². The first-order chi connectivity index (χ1) is 16.3. The molecule has 0 saturated heterocycles. The average Bonchev–Trinajstić information content (AvgIpc) is 2.89. The van der Waals surface area contributed by atoms with Gasteiger partial charge in [0.25, 0.3) is 0 Å². The Hall–Kier alpha value is -4.64. The van der Waals surface area contributed by atoms with E-state index in [1.165, 1.54) is 0 Å². The van der Waals surface area contributed by atoms with Gasteiger partial charge in [-0.15, -0.1) is 0 Å². The standard InChI is InChI=1S/C28H18N4O/c1-3-7-25-23(5-1)29-17-27(31-25)19-9-13-21(14-10-19)33-22-15-11-20(12-16-22)28-18-30-24-6-2-4-8-26(24)32-28/h1-18H. The summed E-state index contributed by atoms with van der Waals surface area (Å²) in [4.78, 5) is 18.4. The molecule has 156 valence electrons. The van der Waals surface area contributed by atoms with Crippen molar-refractivity contribution in [1.82, 2.24) is 19.9 Å². The Kier molecular flexibility index (Phi) is 4.70. The van der Waals surface area contributed by atoms with Gasteiger partial charge in [-0.1, -0.05) is 24.3 Å². The molecule has 0 spiro atoms. The number of benzene rings is 4. The van der Waals surface area contributed by atoms with E-state index in [1.54, 1.807) is 12.4 Å². The molecule has 5 heteroatoms. The molecule has 0 amide bonds. The van der Waals surface area contributed by atoms with Crippen molar-refractivity contribution in [2.75, 3.05) is 0 Å². The summed E-state index contributed by atoms with van der Waals surface area (Å²) in [6, 6.07) is 31.4. The smallest absolute Gasteiger partial charge is 0.127 e. The zero-order chi connectivity index (χ0) is 22.0. The highest BCUT2D eigenvalue weighted by molar-refractivity contribution is 5.78. The minimum absolute atomic E-state index is 0.755. The quantitative estimate of drug-likeness (QED) is 0.314. The molecule has 2 heterocycles. The van der Waals surface area contributed by atoms with Crippen LogP contribution in [-0.2, 0) is 0 Å². The number of fused-ring (bicyclic) bond motifs is 2. The van der Waals surface area contributed by atoms with Crippen molar-refractivity contribution in [3.63, 3.8) is 0 Å². The summed E-state index contributed by atoms with van der Waals surface area (Å²) in [5, 5.41) is 0. The molecule has 0 aliphatic rings. The van der Waals surface area contributed by atoms with Gasteiger partial charge in [-0.05, 0) is 72.8 Å². The van der Waals surface area contributed by atoms with Gasteiger partial charge in [-0.25, -0.2) is 9.97 Å². The highest BCUT2D eigenvalue weighted by Crippen LogP contribution is 2.28. The second-order valence-electron chi connectivity index (χ2n) is 7.64. The van der Waals surface area contributed by atoms with Crippen molar-refractivity contribution in [3.05, 3.63) is 109 Å². The van der Waals surface area contributed by atoms with Crippen molar-refractivity contribution < 1.29 is 4.74 Å². The number of para-hydroxylation sites is 4. The molecule has 6 aromatic rings. The lowest BCUT2D eigenvalue weighted by Gasteiger charge is -2.08. The van der Waals surface area contributed by atoms with Crippen molar-refractivity contribution in [1.29, 1.82) is 0 Å². The number of ether oxygens (including phenoxy) is 1. The molecule has 0 bridgehead atoms. The second-order valence-corrected chi connectivity index (χ2v) is 7.64. The maximum atomic E-state index is 6.03. The van der Waals surface area contributed by atoms with Crippen LogP contribution in [0.1, 0.15) is 0 Å². The van der Waals surface area contributed by atoms with E-state index in [0.29, 0.717) is 0 Å². The van der Waals surface area contributed by atoms with Gasteiger partial charge in [0.1, 0.15) is 11.5 Å². The Balaban J connectivity index is 1.20. The maximum Gasteiger partial charge on any atom is 0.127 e. The molecule has 2 aromatic heterocycles. The zero-order valence-electron chi connectivity index (χ0n) is 17.6. The van der Waals surface area contributed by atoms with Crippen LogP contribution in [0, 0.1) is 0 Å². The SMILES string of the molecule is c1ccc2nc(-c3ccc(Oc4ccc(-c5cnc6ccccc6n5)cc4)cc3)cnc2c1. The van der Waals surface area contributed by atoms with Crippen LogP contribution in [0.4, 0.5) is 0 Å². The fourth-order valence-electron chi connectivity index (χ4n) is 3.72. The predicted octanol–water partition coefficient (Wildman–Crippen LogP) is 6.70. The van der Waals surface area contributed by atoms with E-state index < -0.39 is 0 Å². The first kappa shape index (κ1) is 19.1. The number of rotatable bonds is 4. The summed E-state index contributed by atoms with van der Waals surface area (Å²) in [7, 11) is 0. The van der Waals surface area contributed by atoms with Gasteiger partial charge < -0.3 is 4.74 Å². The lowest BCUT2D eigenvalue weighted by atomic mass is 10.1. The molecule has 0 saturated carbocycles. The maximum absolute atomic E-state index is 6.03. The van der Waals surface area contributed by atoms with Gasteiger partial charge >= 0.3 is 0 Å². The molecule has 0 N–H and O–H groups in total. The van der Waals surface area contributed by atoms with Crippen molar-refractivity contribution in [2.24, 2.45) is 0 Å². The van der Waals surface area contributed by atoms with Gasteiger partial charge in [0.15, 0.2) is 0 Å². The average molecular weight is 426 g/mol. The van der Waals surface area contributed by atoms with Gasteiger partial charge in [0, 0.05) is 11.1 Å². The molecule has 6 rings (SSSR count). The van der Waals surface area contributed by atoms with E-state index >= 15 is 0 Å². The Morgan fingerprint density at radius 1 is 0.424 bits per heavy atom. The number of hydrogen-bond acceptors (Lipinski definition) is 5. The molecule has 0 aliphatic carbocycles. The number of hydrogen-bond donors (Lipinski definition) is 0. The molecule has 0 radical (unpaired) electrons. The first-order valence-corrected chi connectivity index (χ1v) is 10.6. The molecule has 0 atom stereocenters. The van der Waals surface area contributed by atoms with Crippen molar-refractivity contribution >= 4 is 22.1 Å². The molecule has 33 heavy (non-hydrogen) atoms. The van der Waals surface area contributed by atoms with E-state index in [1.807, 2.05) is 97.1 Å². The van der Waals surface area contributed by atoms with Crippen LogP contribution in [0.5, 0.6) is 11.5 Å². The number of aromatic nitrogens is 4. The van der Waals surface area contributed by atoms with E-state index in [-0.39, 0.29) is 0 Å². The van der Waals surface area contributed by atoms with Crippen LogP contribution in [0.15, 0.2) is 109 Å². The van der Waals surface area contributed by atoms with E-state index in [0.717, 1.165) is 56.1 Å². The van der Waals surface area contributed by atoms with Crippen molar-refractivity contribution in [3.8, 4) is 34.0 Å². The van der Waals surface area contributed by atoms with Crippen LogP contribution >= 0.6 is 0 Å². The largest absolute Gasteiger partial charge is 0.457 e. The summed E-state index contributed by atoms with van der Waals surface area (Å²) in [6.07, 6.45) is 3.60. The van der Waals surface area contributed by atoms with E-state index in [9.17, 15) is 0 Å². The lowest BCUT2D eigenvalue weighted by Crippen LogP contribution is -1.90. The van der Waals surface area contributed by atoms with Crippen LogP contribution in [0.3, 0.4) is 0 Å². The van der Waals surface area contributed by atoms with E-state index in [2.05, 4.69) is 9.97 Å². The van der Waals surface area contributed by atoms with Gasteiger partial charge in [0.2, 0.25) is 0 Å². The lowest BCUT2D eigenvalue weighted by molar-refractivity contribution is 0.483. The molecular formula is C28H18N4O. The summed E-state index contributed by atoms with van der Waals surface area (Å²) >= 11 is 0. The third kappa shape index (κ3) is 3.88. The van der Waals surface area contributed by atoms with Crippen LogP contribution in [0.25, 0.3) is 44.6 Å². The summed E-state index contributed by atoms with van der Waals surface area (Å²) < 4.78 is 6.03. The first-order valence-electron chi connectivity index (χ1n) is 10.6. The summed E-state index contributed by atoms with van der Waals surface area (Å²) in [6.45, 7) is 0. The molecule has 0 fully saturated rings. The van der Waals surface area contributed by atoms with E-state index in [4.69, 9.17) is 14.7 Å². The second kappa shape index (κ2) is 8.13. The third-order valence-corrected chi connectivity index (χ3v) is 5.43. The monoisotopic (exact) mass is 426 g/mol. The Bertz CT molecular complexity index is 1460. The fourth-order valence-corrected chi connectivity index (χ4v) is 3.72. The third-order valence-electron chi connectivity index (χ3n) is 5.43. The highest BCUT2D eigenvalue weighted by atomic mass is 16.5. The Morgan fingerprint density at radius 2 is 0.818 bits per heavy atom. The van der Waals surface area contributed by atoms with Crippen LogP contribution in [0.2, 0.25) is 0 Å². The Labute approximate surface area is 190 Å². The molecule has 0 unspecified atom stereocenters. The molecule has 4 aromatic carbocycles. The fraction of sp³-hybridized carbons (Fsp3) is 0. The van der Waals surface area contributed by atoms with Gasteiger partial charge in [-0.2, -0.15) is 0 Å². The molecule has 0 aliphatic heterocycles. The molecule has 5 nitrogen and oxygen atoms in total. The minimum atomic E-state index is 0.755. The van der Waals surface area contributed by atoms with Crippen molar-refractivity contribution in [2.45, 2.75) is 0 Å². The van der Waals surface area contributed by atoms with Gasteiger partial charge in [-0.3, -0.25) is 9.97 Å². The van der Waals surface area contributed by atoms with Gasteiger partial charge in [0.05, 0.1) is 45.8 Å². The minimum Gasteiger partial charge on any atom is -0.457 e. The predicted molar refractivity (Wildman–Crippen MR) is 130 cm³/mol. The highest BCUT2D eigenvalue weighted by Gasteiger charge is 2.06. The zero-order valence-corrected chi connectivity index (χ0v) is 17.6. The van der Waals surface area contributed by atoms with Crippen LogP contribution < -0.4 is 4.74 Å².